The lowest BCUT2D eigenvalue weighted by atomic mass is 10.1. The van der Waals surface area contributed by atoms with E-state index in [1.807, 2.05) is 51.1 Å². The highest BCUT2D eigenvalue weighted by atomic mass is 35.5. The van der Waals surface area contributed by atoms with Crippen molar-refractivity contribution in [3.8, 4) is 0 Å². The van der Waals surface area contributed by atoms with Crippen molar-refractivity contribution in [2.45, 2.75) is 32.9 Å². The van der Waals surface area contributed by atoms with Crippen LogP contribution < -0.4 is 16.0 Å². The summed E-state index contributed by atoms with van der Waals surface area (Å²) < 4.78 is 0. The highest BCUT2D eigenvalue weighted by Crippen LogP contribution is 2.18. The molecule has 31 heavy (non-hydrogen) atoms. The van der Waals surface area contributed by atoms with Crippen molar-refractivity contribution in [3.05, 3.63) is 82.6 Å². The van der Waals surface area contributed by atoms with Crippen LogP contribution in [-0.2, 0) is 6.54 Å². The standard InChI is InChI=1S/C23H24ClN5O2/c1-23(2,3)29-20(30)16-9-11-17(12-10-16)27-21(31)19-18(24)14-26-22(28-19)25-13-15-7-5-4-6-8-15/h4-12,14H,13H2,1-3H3,(H,27,31)(H,29,30)(H,25,26,28). The predicted octanol–water partition coefficient (Wildman–Crippen LogP) is 4.52. The Balaban J connectivity index is 1.66. The SMILES string of the molecule is CC(C)(C)NC(=O)c1ccc(NC(=O)c2nc(NCc3ccccc3)ncc2Cl)cc1. The first-order valence-electron chi connectivity index (χ1n) is 9.75. The Labute approximate surface area is 186 Å². The van der Waals surface area contributed by atoms with Gasteiger partial charge >= 0.3 is 0 Å². The van der Waals surface area contributed by atoms with Crippen molar-refractivity contribution >= 4 is 35.1 Å². The van der Waals surface area contributed by atoms with Crippen LogP contribution in [0.2, 0.25) is 5.02 Å². The minimum atomic E-state index is -0.470. The zero-order chi connectivity index (χ0) is 22.4. The van der Waals surface area contributed by atoms with Crippen LogP contribution in [0, 0.1) is 0 Å². The summed E-state index contributed by atoms with van der Waals surface area (Å²) in [5.41, 5.74) is 1.80. The molecule has 0 aliphatic carbocycles. The minimum absolute atomic E-state index is 0.0572. The molecule has 0 saturated heterocycles. The van der Waals surface area contributed by atoms with Gasteiger partial charge in [-0.2, -0.15) is 0 Å². The minimum Gasteiger partial charge on any atom is -0.350 e. The van der Waals surface area contributed by atoms with Gasteiger partial charge in [0.25, 0.3) is 11.8 Å². The van der Waals surface area contributed by atoms with Crippen LogP contribution >= 0.6 is 11.6 Å². The average molecular weight is 438 g/mol. The quantitative estimate of drug-likeness (QED) is 0.526. The maximum atomic E-state index is 12.7. The highest BCUT2D eigenvalue weighted by molar-refractivity contribution is 6.34. The number of nitrogens with zero attached hydrogens (tertiary/aromatic N) is 2. The first-order valence-corrected chi connectivity index (χ1v) is 10.1. The van der Waals surface area contributed by atoms with Crippen molar-refractivity contribution in [1.29, 1.82) is 0 Å². The molecule has 2 amide bonds. The second-order valence-corrected chi connectivity index (χ2v) is 8.37. The smallest absolute Gasteiger partial charge is 0.276 e. The van der Waals surface area contributed by atoms with Crippen LogP contribution in [-0.4, -0.2) is 27.3 Å². The van der Waals surface area contributed by atoms with Crippen molar-refractivity contribution in [2.24, 2.45) is 0 Å². The lowest BCUT2D eigenvalue weighted by Gasteiger charge is -2.20. The predicted molar refractivity (Wildman–Crippen MR) is 122 cm³/mol. The Morgan fingerprint density at radius 2 is 1.65 bits per heavy atom. The summed E-state index contributed by atoms with van der Waals surface area (Å²) in [4.78, 5) is 33.3. The summed E-state index contributed by atoms with van der Waals surface area (Å²) in [6.07, 6.45) is 1.39. The van der Waals surface area contributed by atoms with Crippen LogP contribution in [0.1, 0.15) is 47.2 Å². The molecule has 0 unspecified atom stereocenters. The molecule has 0 spiro atoms. The van der Waals surface area contributed by atoms with Crippen LogP contribution in [0.3, 0.4) is 0 Å². The summed E-state index contributed by atoms with van der Waals surface area (Å²) in [5, 5.41) is 8.86. The molecule has 0 atom stereocenters. The number of halogens is 1. The maximum Gasteiger partial charge on any atom is 0.276 e. The molecule has 0 aliphatic rings. The van der Waals surface area contributed by atoms with E-state index in [0.29, 0.717) is 23.7 Å². The van der Waals surface area contributed by atoms with Crippen LogP contribution in [0.25, 0.3) is 0 Å². The number of hydrogen-bond acceptors (Lipinski definition) is 5. The second-order valence-electron chi connectivity index (χ2n) is 7.96. The van der Waals surface area contributed by atoms with Gasteiger partial charge in [0.1, 0.15) is 0 Å². The topological polar surface area (TPSA) is 96.0 Å². The van der Waals surface area contributed by atoms with Crippen LogP contribution in [0.5, 0.6) is 0 Å². The van der Waals surface area contributed by atoms with E-state index < -0.39 is 5.91 Å². The number of benzene rings is 2. The van der Waals surface area contributed by atoms with E-state index in [0.717, 1.165) is 5.56 Å². The molecule has 3 aromatic rings. The molecule has 7 nitrogen and oxygen atoms in total. The molecule has 8 heteroatoms. The number of carbonyl (C=O) groups is 2. The Hall–Kier alpha value is -3.45. The maximum absolute atomic E-state index is 12.7. The van der Waals surface area contributed by atoms with E-state index in [1.54, 1.807) is 24.3 Å². The number of anilines is 2. The highest BCUT2D eigenvalue weighted by Gasteiger charge is 2.17. The van der Waals surface area contributed by atoms with Crippen molar-refractivity contribution in [1.82, 2.24) is 15.3 Å². The molecule has 3 rings (SSSR count). The van der Waals surface area contributed by atoms with E-state index >= 15 is 0 Å². The Morgan fingerprint density at radius 3 is 2.29 bits per heavy atom. The zero-order valence-corrected chi connectivity index (χ0v) is 18.3. The largest absolute Gasteiger partial charge is 0.350 e. The van der Waals surface area contributed by atoms with Gasteiger partial charge in [-0.3, -0.25) is 9.59 Å². The summed E-state index contributed by atoms with van der Waals surface area (Å²) in [6, 6.07) is 16.4. The Bertz CT molecular complexity index is 1060. The fourth-order valence-electron chi connectivity index (χ4n) is 2.70. The third-order valence-electron chi connectivity index (χ3n) is 4.15. The average Bonchev–Trinajstić information content (AvgIpc) is 2.73. The van der Waals surface area contributed by atoms with E-state index in [4.69, 9.17) is 11.6 Å². The van der Waals surface area contributed by atoms with Crippen molar-refractivity contribution < 1.29 is 9.59 Å². The lowest BCUT2D eigenvalue weighted by Crippen LogP contribution is -2.40. The van der Waals surface area contributed by atoms with Gasteiger partial charge in [-0.05, 0) is 50.6 Å². The van der Waals surface area contributed by atoms with Gasteiger partial charge in [-0.1, -0.05) is 41.9 Å². The normalized spacial score (nSPS) is 11.0. The Kier molecular flexibility index (Phi) is 6.87. The summed E-state index contributed by atoms with van der Waals surface area (Å²) in [5.74, 6) is -0.354. The summed E-state index contributed by atoms with van der Waals surface area (Å²) in [7, 11) is 0. The van der Waals surface area contributed by atoms with E-state index in [9.17, 15) is 9.59 Å². The van der Waals surface area contributed by atoms with Crippen LogP contribution in [0.4, 0.5) is 11.6 Å². The van der Waals surface area contributed by atoms with E-state index in [2.05, 4.69) is 25.9 Å². The van der Waals surface area contributed by atoms with Gasteiger partial charge in [0, 0.05) is 23.3 Å². The van der Waals surface area contributed by atoms with Gasteiger partial charge in [-0.15, -0.1) is 0 Å². The van der Waals surface area contributed by atoms with E-state index in [-0.39, 0.29) is 22.2 Å². The summed E-state index contributed by atoms with van der Waals surface area (Å²) >= 11 is 6.14. The molecular weight excluding hydrogens is 414 g/mol. The van der Waals surface area contributed by atoms with Gasteiger partial charge in [-0.25, -0.2) is 9.97 Å². The fourth-order valence-corrected chi connectivity index (χ4v) is 2.87. The number of rotatable bonds is 6. The molecule has 3 N–H and O–H groups in total. The molecule has 160 valence electrons. The fraction of sp³-hybridized carbons (Fsp3) is 0.217. The molecule has 0 aliphatic heterocycles. The van der Waals surface area contributed by atoms with E-state index in [1.165, 1.54) is 6.20 Å². The number of hydrogen-bond donors (Lipinski definition) is 3. The third-order valence-corrected chi connectivity index (χ3v) is 4.42. The molecule has 2 aromatic carbocycles. The molecule has 1 heterocycles. The van der Waals surface area contributed by atoms with Gasteiger partial charge in [0.2, 0.25) is 5.95 Å². The number of nitrogens with one attached hydrogen (secondary N) is 3. The molecule has 0 radical (unpaired) electrons. The Morgan fingerprint density at radius 1 is 0.968 bits per heavy atom. The van der Waals surface area contributed by atoms with Gasteiger partial charge < -0.3 is 16.0 Å². The third kappa shape index (κ3) is 6.52. The van der Waals surface area contributed by atoms with Crippen molar-refractivity contribution in [2.75, 3.05) is 10.6 Å². The lowest BCUT2D eigenvalue weighted by molar-refractivity contribution is 0.0919. The monoisotopic (exact) mass is 437 g/mol. The molecule has 0 saturated carbocycles. The first kappa shape index (κ1) is 22.2. The molecular formula is C23H24ClN5O2. The van der Waals surface area contributed by atoms with Crippen LogP contribution in [0.15, 0.2) is 60.8 Å². The zero-order valence-electron chi connectivity index (χ0n) is 17.6. The molecule has 0 fully saturated rings. The first-order chi connectivity index (χ1) is 14.7. The molecule has 0 bridgehead atoms. The molecule has 1 aromatic heterocycles. The number of amides is 2. The second kappa shape index (κ2) is 9.57. The number of aromatic nitrogens is 2. The van der Waals surface area contributed by atoms with Gasteiger partial charge in [0.15, 0.2) is 5.69 Å². The summed E-state index contributed by atoms with van der Waals surface area (Å²) in [6.45, 7) is 6.25. The van der Waals surface area contributed by atoms with Gasteiger partial charge in [0.05, 0.1) is 11.2 Å². The number of carbonyl (C=O) groups excluding carboxylic acids is 2. The van der Waals surface area contributed by atoms with Crippen molar-refractivity contribution in [3.63, 3.8) is 0 Å².